The molecule has 0 bridgehead atoms. The van der Waals surface area contributed by atoms with Gasteiger partial charge in [-0.25, -0.2) is 4.98 Å². The molecular weight excluding hydrogens is 825 g/mol. The molecule has 2 aromatic heterocycles. The zero-order valence-corrected chi connectivity index (χ0v) is 35.8. The third-order valence-corrected chi connectivity index (χ3v) is 12.5. The van der Waals surface area contributed by atoms with Crippen LogP contribution in [-0.2, 0) is 32.2 Å². The number of carbonyl (C=O) groups is 5. The van der Waals surface area contributed by atoms with Gasteiger partial charge in [0.05, 0.1) is 47.9 Å². The molecule has 1 unspecified atom stereocenters. The molecule has 1 aliphatic carbocycles. The van der Waals surface area contributed by atoms with Crippen LogP contribution in [0.2, 0.25) is 0 Å². The molecule has 0 spiro atoms. The summed E-state index contributed by atoms with van der Waals surface area (Å²) in [5, 5.41) is 29.0. The maximum Gasteiger partial charge on any atom is 0.264 e. The molecule has 4 aromatic carbocycles. The number of carbonyl (C=O) groups excluding carboxylic acids is 5. The van der Waals surface area contributed by atoms with Crippen molar-refractivity contribution >= 4 is 46.3 Å². The molecule has 332 valence electrons. The average Bonchev–Trinajstić information content (AvgIpc) is 3.78. The molecule has 1 atom stereocenters. The second-order valence-corrected chi connectivity index (χ2v) is 16.8. The lowest BCUT2D eigenvalue weighted by atomic mass is 9.93. The summed E-state index contributed by atoms with van der Waals surface area (Å²) in [5.41, 5.74) is 7.74. The molecule has 15 heteroatoms. The van der Waals surface area contributed by atoms with Crippen LogP contribution in [0.15, 0.2) is 109 Å². The van der Waals surface area contributed by atoms with Crippen molar-refractivity contribution in [3.63, 3.8) is 0 Å². The number of anilines is 1. The number of aliphatic hydroxyl groups is 1. The lowest BCUT2D eigenvalue weighted by Gasteiger charge is -2.27. The zero-order valence-electron chi connectivity index (χ0n) is 35.8. The van der Waals surface area contributed by atoms with E-state index in [1.165, 1.54) is 6.07 Å². The Hall–Kier alpha value is -7.23. The first-order valence-corrected chi connectivity index (χ1v) is 22.1. The maximum absolute atomic E-state index is 13.4. The topological polar surface area (TPSA) is 201 Å². The normalized spacial score (nSPS) is 18.5. The van der Waals surface area contributed by atoms with Gasteiger partial charge in [0, 0.05) is 49.8 Å². The summed E-state index contributed by atoms with van der Waals surface area (Å²) in [6.45, 7) is 1.47. The van der Waals surface area contributed by atoms with Gasteiger partial charge in [-0.05, 0) is 66.5 Å². The average molecular weight is 875 g/mol. The Morgan fingerprint density at radius 2 is 1.54 bits per heavy atom. The summed E-state index contributed by atoms with van der Waals surface area (Å²) in [6.07, 6.45) is 4.71. The van der Waals surface area contributed by atoms with E-state index in [0.717, 1.165) is 56.6 Å². The summed E-state index contributed by atoms with van der Waals surface area (Å²) < 4.78 is 9.92. The maximum atomic E-state index is 13.4. The second kappa shape index (κ2) is 18.9. The van der Waals surface area contributed by atoms with Gasteiger partial charge in [-0.2, -0.15) is 0 Å². The lowest BCUT2D eigenvalue weighted by molar-refractivity contribution is -0.136. The van der Waals surface area contributed by atoms with E-state index in [4.69, 9.17) is 9.72 Å². The van der Waals surface area contributed by atoms with Gasteiger partial charge < -0.3 is 29.6 Å². The number of nitrogens with one attached hydrogen (secondary N) is 4. The summed E-state index contributed by atoms with van der Waals surface area (Å²) in [6, 6.07) is 32.4. The molecule has 1 saturated carbocycles. The molecule has 0 radical (unpaired) electrons. The van der Waals surface area contributed by atoms with E-state index in [1.54, 1.807) is 18.5 Å². The number of nitrogens with zero attached hydrogens (tertiary/aromatic N) is 4. The Bertz CT molecular complexity index is 2850. The molecule has 3 aliphatic rings. The molecule has 65 heavy (non-hydrogen) atoms. The van der Waals surface area contributed by atoms with E-state index >= 15 is 0 Å². The largest absolute Gasteiger partial charge is 0.393 e. The zero-order chi connectivity index (χ0) is 45.0. The molecule has 2 aliphatic heterocycles. The number of hydrogen-bond acceptors (Lipinski definition) is 10. The van der Waals surface area contributed by atoms with Crippen molar-refractivity contribution in [3.8, 4) is 22.4 Å². The van der Waals surface area contributed by atoms with E-state index in [1.807, 2.05) is 53.1 Å². The van der Waals surface area contributed by atoms with Crippen molar-refractivity contribution in [2.75, 3.05) is 25.1 Å². The molecule has 5 N–H and O–H groups in total. The lowest BCUT2D eigenvalue weighted by Crippen LogP contribution is -2.54. The van der Waals surface area contributed by atoms with Gasteiger partial charge in [0.15, 0.2) is 0 Å². The standard InChI is InChI=1S/C50H50N8O7/c51-46-44-42(33-11-3-1-4-12-33)45(34-13-5-2-6-14-34)56(47(44)54-30-57(46)35-17-19-36(59)20-18-35)29-32-10-7-9-31(27-32)28-53-40(60)23-25-65-26-24-52-38-16-8-15-37-43(38)50(64)58(49(37)63)39-21-22-41(61)55-48(39)62/h1-16,27,30,35-36,39,51-52,59H,17-26,28-29H2,(H,53,60)(H,55,61,62)/t35-,36-,39?. The molecular formula is C50H50N8O7. The monoisotopic (exact) mass is 874 g/mol. The Kier molecular flexibility index (Phi) is 12.5. The quantitative estimate of drug-likeness (QED) is 0.0633. The van der Waals surface area contributed by atoms with Crippen molar-refractivity contribution in [2.45, 2.75) is 76.2 Å². The first-order valence-electron chi connectivity index (χ1n) is 22.1. The number of aromatic nitrogens is 3. The highest BCUT2D eigenvalue weighted by molar-refractivity contribution is 6.25. The first kappa shape index (κ1) is 43.0. The molecule has 15 nitrogen and oxygen atoms in total. The van der Waals surface area contributed by atoms with Crippen LogP contribution in [0.5, 0.6) is 0 Å². The number of fused-ring (bicyclic) bond motifs is 2. The number of piperidine rings is 1. The fraction of sp³-hybridized carbons (Fsp3) is 0.300. The van der Waals surface area contributed by atoms with Gasteiger partial charge >= 0.3 is 0 Å². The van der Waals surface area contributed by atoms with E-state index < -0.39 is 29.7 Å². The van der Waals surface area contributed by atoms with Crippen LogP contribution < -0.4 is 21.4 Å². The Morgan fingerprint density at radius 3 is 2.29 bits per heavy atom. The van der Waals surface area contributed by atoms with Gasteiger partial charge in [0.25, 0.3) is 11.8 Å². The molecule has 4 heterocycles. The minimum absolute atomic E-state index is 0.0411. The van der Waals surface area contributed by atoms with Gasteiger partial charge in [-0.15, -0.1) is 0 Å². The van der Waals surface area contributed by atoms with Crippen LogP contribution in [0, 0.1) is 5.41 Å². The Morgan fingerprint density at radius 1 is 0.815 bits per heavy atom. The van der Waals surface area contributed by atoms with Crippen LogP contribution in [-0.4, -0.2) is 85.6 Å². The van der Waals surface area contributed by atoms with Crippen LogP contribution in [0.1, 0.15) is 82.8 Å². The molecule has 5 amide bonds. The molecule has 6 aromatic rings. The SMILES string of the molecule is N=c1c2c(-c3ccccc3)c(-c3ccccc3)n(Cc3cccc(CNC(=O)CCOCCNc4cccc5c4C(=O)N(C4CCC(=O)NC4=O)C5=O)c3)c2ncn1[C@H]1CC[C@H](O)CC1. The number of amides is 5. The summed E-state index contributed by atoms with van der Waals surface area (Å²) in [7, 11) is 0. The number of hydrogen-bond donors (Lipinski definition) is 5. The van der Waals surface area contributed by atoms with Crippen LogP contribution in [0.3, 0.4) is 0 Å². The van der Waals surface area contributed by atoms with Crippen LogP contribution in [0.4, 0.5) is 5.69 Å². The predicted molar refractivity (Wildman–Crippen MR) is 242 cm³/mol. The van der Waals surface area contributed by atoms with Gasteiger partial charge in [0.1, 0.15) is 17.2 Å². The third-order valence-electron chi connectivity index (χ3n) is 12.5. The summed E-state index contributed by atoms with van der Waals surface area (Å²) in [4.78, 5) is 69.6. The highest BCUT2D eigenvalue weighted by Crippen LogP contribution is 2.40. The Balaban J connectivity index is 0.842. The number of benzene rings is 4. The van der Waals surface area contributed by atoms with Crippen molar-refractivity contribution in [1.29, 1.82) is 5.41 Å². The second-order valence-electron chi connectivity index (χ2n) is 16.8. The number of rotatable bonds is 15. The van der Waals surface area contributed by atoms with Crippen molar-refractivity contribution < 1.29 is 33.8 Å². The third kappa shape index (κ3) is 8.84. The predicted octanol–water partition coefficient (Wildman–Crippen LogP) is 5.71. The Labute approximate surface area is 375 Å². The molecule has 9 rings (SSSR count). The molecule has 2 fully saturated rings. The van der Waals surface area contributed by atoms with E-state index in [9.17, 15) is 34.5 Å². The van der Waals surface area contributed by atoms with E-state index in [0.29, 0.717) is 49.3 Å². The summed E-state index contributed by atoms with van der Waals surface area (Å²) >= 11 is 0. The number of ether oxygens (including phenoxy) is 1. The first-order chi connectivity index (χ1) is 31.7. The van der Waals surface area contributed by atoms with E-state index in [2.05, 4.69) is 56.9 Å². The minimum atomic E-state index is -1.05. The highest BCUT2D eigenvalue weighted by atomic mass is 16.5. The van der Waals surface area contributed by atoms with Crippen LogP contribution in [0.25, 0.3) is 33.4 Å². The molecule has 1 saturated heterocycles. The fourth-order valence-corrected chi connectivity index (χ4v) is 9.31. The number of imide groups is 2. The van der Waals surface area contributed by atoms with Crippen molar-refractivity contribution in [1.82, 2.24) is 29.7 Å². The van der Waals surface area contributed by atoms with Gasteiger partial charge in [-0.1, -0.05) is 91.0 Å². The van der Waals surface area contributed by atoms with E-state index in [-0.39, 0.29) is 61.7 Å². The summed E-state index contributed by atoms with van der Waals surface area (Å²) in [5.74, 6) is -2.44. The van der Waals surface area contributed by atoms with Gasteiger partial charge in [-0.3, -0.25) is 39.6 Å². The van der Waals surface area contributed by atoms with Crippen molar-refractivity contribution in [3.05, 3.63) is 137 Å². The van der Waals surface area contributed by atoms with Crippen molar-refractivity contribution in [2.24, 2.45) is 0 Å². The minimum Gasteiger partial charge on any atom is -0.393 e. The smallest absolute Gasteiger partial charge is 0.264 e. The highest BCUT2D eigenvalue weighted by Gasteiger charge is 2.45. The van der Waals surface area contributed by atoms with Crippen LogP contribution >= 0.6 is 0 Å². The number of aliphatic hydroxyl groups excluding tert-OH is 1. The fourth-order valence-electron chi connectivity index (χ4n) is 9.31. The van der Waals surface area contributed by atoms with Gasteiger partial charge in [0.2, 0.25) is 17.7 Å².